The summed E-state index contributed by atoms with van der Waals surface area (Å²) in [4.78, 5) is 2.37. The Morgan fingerprint density at radius 2 is 2.00 bits per heavy atom. The van der Waals surface area contributed by atoms with Crippen LogP contribution >= 0.6 is 0 Å². The van der Waals surface area contributed by atoms with Gasteiger partial charge in [0.05, 0.1) is 5.56 Å². The average molecular weight is 298 g/mol. The van der Waals surface area contributed by atoms with E-state index in [1.807, 2.05) is 0 Å². The monoisotopic (exact) mass is 298 g/mol. The van der Waals surface area contributed by atoms with E-state index in [-0.39, 0.29) is 11.3 Å². The number of hydrogen-bond acceptors (Lipinski definition) is 1. The third kappa shape index (κ3) is 4.73. The van der Waals surface area contributed by atoms with Crippen molar-refractivity contribution in [1.82, 2.24) is 4.90 Å². The Labute approximate surface area is 125 Å². The molecule has 0 bridgehead atoms. The summed E-state index contributed by atoms with van der Waals surface area (Å²) in [6, 6.07) is 6.75. The van der Waals surface area contributed by atoms with E-state index >= 15 is 0 Å². The molecule has 1 unspecified atom stereocenters. The van der Waals surface area contributed by atoms with Gasteiger partial charge in [0, 0.05) is 13.1 Å². The first-order valence-electron chi connectivity index (χ1n) is 7.46. The van der Waals surface area contributed by atoms with Gasteiger partial charge in [0.2, 0.25) is 0 Å². The predicted molar refractivity (Wildman–Crippen MR) is 78.2 cm³/mol. The van der Waals surface area contributed by atoms with Crippen LogP contribution in [0, 0.1) is 11.5 Å². The summed E-state index contributed by atoms with van der Waals surface area (Å²) in [6.07, 6.45) is -2.31. The fraction of sp³-hybridized carbons (Fsp3) is 0.647. The van der Waals surface area contributed by atoms with Crippen molar-refractivity contribution in [3.63, 3.8) is 0 Å². The summed E-state index contributed by atoms with van der Waals surface area (Å²) >= 11 is 0. The second-order valence-electron chi connectivity index (χ2n) is 7.17. The van der Waals surface area contributed by atoms with E-state index in [0.717, 1.165) is 38.0 Å². The summed E-state index contributed by atoms with van der Waals surface area (Å²) in [6.45, 7) is 9.44. The number of benzene rings is 1. The smallest absolute Gasteiger partial charge is 0.302 e. The van der Waals surface area contributed by atoms with Gasteiger partial charge in [-0.15, -0.1) is 0 Å². The molecule has 2 rings (SSSR count). The maximum absolute atomic E-state index is 12.8. The molecule has 0 aromatic heterocycles. The van der Waals surface area contributed by atoms with E-state index < -0.39 is 11.7 Å². The quantitative estimate of drug-likeness (QED) is 0.763. The molecule has 1 aliphatic rings. The summed E-state index contributed by atoms with van der Waals surface area (Å²) in [5.74, 6) is 0.191. The molecule has 0 aliphatic carbocycles. The minimum Gasteiger partial charge on any atom is -0.302 e. The molecule has 21 heavy (non-hydrogen) atoms. The largest absolute Gasteiger partial charge is 0.417 e. The number of halogens is 3. The van der Waals surface area contributed by atoms with Gasteiger partial charge in [-0.05, 0) is 48.4 Å². The van der Waals surface area contributed by atoms with Crippen LogP contribution < -0.4 is 0 Å². The van der Waals surface area contributed by atoms with Gasteiger partial charge in [-0.1, -0.05) is 32.9 Å². The number of rotatable bonds is 2. The zero-order valence-corrected chi connectivity index (χ0v) is 12.9. The van der Waals surface area contributed by atoms with Crippen LogP contribution in [0.25, 0.3) is 0 Å². The summed E-state index contributed by atoms with van der Waals surface area (Å²) in [5, 5.41) is 0. The maximum Gasteiger partial charge on any atom is 0.417 e. The van der Waals surface area contributed by atoms with Crippen molar-refractivity contribution in [2.24, 2.45) is 5.41 Å². The molecule has 0 saturated carbocycles. The maximum atomic E-state index is 12.8. The van der Waals surface area contributed by atoms with Gasteiger partial charge in [0.1, 0.15) is 0 Å². The molecule has 1 heterocycles. The topological polar surface area (TPSA) is 3.24 Å². The summed E-state index contributed by atoms with van der Waals surface area (Å²) in [5.41, 5.74) is 0.344. The lowest BCUT2D eigenvalue weighted by Crippen LogP contribution is -2.39. The van der Waals surface area contributed by atoms with Crippen LogP contribution in [0.4, 0.5) is 13.2 Å². The third-order valence-electron chi connectivity index (χ3n) is 3.81. The van der Waals surface area contributed by atoms with Crippen molar-refractivity contribution in [2.75, 3.05) is 19.6 Å². The zero-order chi connectivity index (χ0) is 15.7. The zero-order valence-electron chi connectivity index (χ0n) is 12.9. The van der Waals surface area contributed by atoms with Crippen LogP contribution in [-0.2, 0) is 6.18 Å². The Balaban J connectivity index is 2.11. The summed E-state index contributed by atoms with van der Waals surface area (Å²) < 4.78 is 38.4. The Kier molecular flexibility index (Phi) is 4.66. The van der Waals surface area contributed by atoms with E-state index in [9.17, 15) is 13.2 Å². The van der Waals surface area contributed by atoms with E-state index in [1.165, 1.54) is 12.1 Å². The highest BCUT2D eigenvalue weighted by atomic mass is 19.4. The van der Waals surface area contributed by atoms with Crippen molar-refractivity contribution in [3.05, 3.63) is 35.4 Å². The Morgan fingerprint density at radius 1 is 1.29 bits per heavy atom. The molecule has 1 radical (unpaired) electrons. The average Bonchev–Trinajstić information content (AvgIpc) is 2.36. The third-order valence-corrected chi connectivity index (χ3v) is 3.81. The van der Waals surface area contributed by atoms with E-state index in [2.05, 4.69) is 31.7 Å². The molecule has 1 nitrogen and oxygen atoms in total. The van der Waals surface area contributed by atoms with Crippen LogP contribution in [0.15, 0.2) is 18.2 Å². The Morgan fingerprint density at radius 3 is 2.62 bits per heavy atom. The molecule has 0 amide bonds. The molecule has 1 aromatic carbocycles. The van der Waals surface area contributed by atoms with Gasteiger partial charge in [0.15, 0.2) is 0 Å². The Bertz CT molecular complexity index is 474. The number of hydrogen-bond donors (Lipinski definition) is 0. The predicted octanol–water partition coefficient (Wildman–Crippen LogP) is 4.73. The van der Waals surface area contributed by atoms with Crippen molar-refractivity contribution in [2.45, 2.75) is 45.7 Å². The Hall–Kier alpha value is -1.03. The first-order chi connectivity index (χ1) is 9.65. The standard InChI is InChI=1S/C17H23F3N/c1-16(2,3)12-21-9-5-7-14(11-21)13-6-4-8-15(10-13)17(18,19)20/h4,6,10,14H,5,7,9,11-12H2,1-3H3. The van der Waals surface area contributed by atoms with Crippen LogP contribution in [-0.4, -0.2) is 24.5 Å². The van der Waals surface area contributed by atoms with Crippen molar-refractivity contribution < 1.29 is 13.2 Å². The fourth-order valence-corrected chi connectivity index (χ4v) is 3.04. The van der Waals surface area contributed by atoms with Gasteiger partial charge in [-0.3, -0.25) is 0 Å². The second-order valence-corrected chi connectivity index (χ2v) is 7.17. The molecular formula is C17H23F3N. The first-order valence-corrected chi connectivity index (χ1v) is 7.46. The van der Waals surface area contributed by atoms with E-state index in [0.29, 0.717) is 0 Å². The van der Waals surface area contributed by atoms with Gasteiger partial charge in [-0.25, -0.2) is 0 Å². The minimum absolute atomic E-state index is 0.191. The molecule has 1 saturated heterocycles. The molecule has 0 N–H and O–H groups in total. The lowest BCUT2D eigenvalue weighted by Gasteiger charge is -2.37. The molecule has 1 fully saturated rings. The van der Waals surface area contributed by atoms with Gasteiger partial charge < -0.3 is 4.90 Å². The van der Waals surface area contributed by atoms with Crippen LogP contribution in [0.5, 0.6) is 0 Å². The fourth-order valence-electron chi connectivity index (χ4n) is 3.04. The number of nitrogens with zero attached hydrogens (tertiary/aromatic N) is 1. The van der Waals surface area contributed by atoms with E-state index in [4.69, 9.17) is 0 Å². The van der Waals surface area contributed by atoms with Crippen molar-refractivity contribution >= 4 is 0 Å². The minimum atomic E-state index is -4.31. The van der Waals surface area contributed by atoms with Crippen LogP contribution in [0.1, 0.15) is 50.7 Å². The molecule has 1 aromatic rings. The first kappa shape index (κ1) is 16.3. The van der Waals surface area contributed by atoms with Crippen LogP contribution in [0.3, 0.4) is 0 Å². The number of alkyl halides is 3. The van der Waals surface area contributed by atoms with E-state index in [1.54, 1.807) is 6.07 Å². The van der Waals surface area contributed by atoms with Crippen molar-refractivity contribution in [3.8, 4) is 0 Å². The molecule has 1 atom stereocenters. The van der Waals surface area contributed by atoms with Gasteiger partial charge in [-0.2, -0.15) is 13.2 Å². The molecule has 4 heteroatoms. The highest BCUT2D eigenvalue weighted by Crippen LogP contribution is 2.33. The van der Waals surface area contributed by atoms with Gasteiger partial charge in [0.25, 0.3) is 0 Å². The highest BCUT2D eigenvalue weighted by Gasteiger charge is 2.32. The molecule has 0 spiro atoms. The SMILES string of the molecule is CC(C)(C)CN1CCCC(c2cc[c]c(C(F)(F)F)c2)C1. The van der Waals surface area contributed by atoms with Crippen molar-refractivity contribution in [1.29, 1.82) is 0 Å². The van der Waals surface area contributed by atoms with Crippen LogP contribution in [0.2, 0.25) is 0 Å². The highest BCUT2D eigenvalue weighted by molar-refractivity contribution is 5.28. The lowest BCUT2D eigenvalue weighted by molar-refractivity contribution is -0.137. The molecule has 117 valence electrons. The van der Waals surface area contributed by atoms with Gasteiger partial charge >= 0.3 is 6.18 Å². The lowest BCUT2D eigenvalue weighted by atomic mass is 9.88. The number of piperidine rings is 1. The second kappa shape index (κ2) is 5.99. The molecular weight excluding hydrogens is 275 g/mol. The normalized spacial score (nSPS) is 21.5. The molecule has 1 aliphatic heterocycles. The summed E-state index contributed by atoms with van der Waals surface area (Å²) in [7, 11) is 0. The number of likely N-dealkylation sites (tertiary alicyclic amines) is 1.